The number of carbonyl (C=O) groups is 1. The Bertz CT molecular complexity index is 359. The number of nitrogens with two attached hydrogens (primary N) is 1. The molecule has 0 amide bonds. The largest absolute Gasteiger partial charge is 0.480 e. The number of nitrogens with zero attached hydrogens (tertiary/aromatic N) is 1. The molecule has 1 unspecified atom stereocenters. The second-order valence-corrected chi connectivity index (χ2v) is 3.14. The third kappa shape index (κ3) is 3.40. The van der Waals surface area contributed by atoms with Gasteiger partial charge in [-0.1, -0.05) is 29.4 Å². The molecular formula is C10H12N2O3. The van der Waals surface area contributed by atoms with Crippen LogP contribution in [0.3, 0.4) is 0 Å². The number of hydrogen-bond acceptors (Lipinski definition) is 4. The number of carboxylic acids is 1. The van der Waals surface area contributed by atoms with Crippen molar-refractivity contribution in [2.24, 2.45) is 10.9 Å². The molecule has 0 saturated carbocycles. The molecule has 0 radical (unpaired) electrons. The van der Waals surface area contributed by atoms with Gasteiger partial charge in [0.05, 0.1) is 6.21 Å². The summed E-state index contributed by atoms with van der Waals surface area (Å²) in [5, 5.41) is 19.8. The summed E-state index contributed by atoms with van der Waals surface area (Å²) in [5.41, 5.74) is 6.95. The van der Waals surface area contributed by atoms with Gasteiger partial charge in [-0.15, -0.1) is 0 Å². The van der Waals surface area contributed by atoms with Gasteiger partial charge in [0.25, 0.3) is 0 Å². The summed E-state index contributed by atoms with van der Waals surface area (Å²) >= 11 is 0. The van der Waals surface area contributed by atoms with Crippen molar-refractivity contribution in [1.29, 1.82) is 0 Å². The molecule has 5 heteroatoms. The van der Waals surface area contributed by atoms with Gasteiger partial charge in [-0.3, -0.25) is 4.79 Å². The van der Waals surface area contributed by atoms with E-state index >= 15 is 0 Å². The second kappa shape index (κ2) is 5.11. The van der Waals surface area contributed by atoms with Gasteiger partial charge >= 0.3 is 5.97 Å². The molecule has 1 rings (SSSR count). The number of benzene rings is 1. The Labute approximate surface area is 86.8 Å². The van der Waals surface area contributed by atoms with Crippen molar-refractivity contribution in [2.75, 3.05) is 0 Å². The Hall–Kier alpha value is -1.88. The quantitative estimate of drug-likeness (QED) is 0.380. The molecule has 0 saturated heterocycles. The number of oxime groups is 1. The first-order chi connectivity index (χ1) is 7.13. The van der Waals surface area contributed by atoms with E-state index in [1.807, 2.05) is 0 Å². The number of carboxylic acid groups (broad SMARTS) is 1. The lowest BCUT2D eigenvalue weighted by Gasteiger charge is -2.05. The standard InChI is InChI=1S/C10H12N2O3/c11-9(10(13)14)5-7-1-3-8(4-2-7)6-12-15/h1-4,6,9,15H,5,11H2,(H,13,14)/b12-6+. The van der Waals surface area contributed by atoms with Crippen molar-refractivity contribution in [3.05, 3.63) is 35.4 Å². The molecule has 0 spiro atoms. The molecule has 0 aliphatic rings. The first-order valence-corrected chi connectivity index (χ1v) is 4.38. The number of aliphatic carboxylic acids is 1. The van der Waals surface area contributed by atoms with Gasteiger partial charge in [0, 0.05) is 0 Å². The predicted molar refractivity (Wildman–Crippen MR) is 55.1 cm³/mol. The molecule has 15 heavy (non-hydrogen) atoms. The van der Waals surface area contributed by atoms with Gasteiger partial charge in [0.1, 0.15) is 6.04 Å². The third-order valence-corrected chi connectivity index (χ3v) is 1.96. The first-order valence-electron chi connectivity index (χ1n) is 4.38. The summed E-state index contributed by atoms with van der Waals surface area (Å²) in [4.78, 5) is 10.5. The summed E-state index contributed by atoms with van der Waals surface area (Å²) < 4.78 is 0. The van der Waals surface area contributed by atoms with Crippen molar-refractivity contribution in [3.63, 3.8) is 0 Å². The fourth-order valence-corrected chi connectivity index (χ4v) is 1.15. The van der Waals surface area contributed by atoms with Crippen molar-refractivity contribution in [1.82, 2.24) is 0 Å². The molecule has 1 atom stereocenters. The van der Waals surface area contributed by atoms with Crippen LogP contribution in [0, 0.1) is 0 Å². The van der Waals surface area contributed by atoms with Crippen LogP contribution >= 0.6 is 0 Å². The van der Waals surface area contributed by atoms with E-state index in [4.69, 9.17) is 16.0 Å². The van der Waals surface area contributed by atoms with Gasteiger partial charge < -0.3 is 16.0 Å². The van der Waals surface area contributed by atoms with Crippen LogP contribution in [0.2, 0.25) is 0 Å². The van der Waals surface area contributed by atoms with Crippen molar-refractivity contribution in [2.45, 2.75) is 12.5 Å². The Balaban J connectivity index is 2.68. The number of rotatable bonds is 4. The zero-order valence-corrected chi connectivity index (χ0v) is 8.00. The van der Waals surface area contributed by atoms with Crippen molar-refractivity contribution < 1.29 is 15.1 Å². The molecular weight excluding hydrogens is 196 g/mol. The van der Waals surface area contributed by atoms with Gasteiger partial charge in [-0.2, -0.15) is 0 Å². The van der Waals surface area contributed by atoms with Gasteiger partial charge in [-0.05, 0) is 17.5 Å². The van der Waals surface area contributed by atoms with Crippen LogP contribution in [0.5, 0.6) is 0 Å². The SMILES string of the molecule is NC(Cc1ccc(/C=N/O)cc1)C(=O)O. The smallest absolute Gasteiger partial charge is 0.320 e. The van der Waals surface area contributed by atoms with Gasteiger partial charge in [0.15, 0.2) is 0 Å². The summed E-state index contributed by atoms with van der Waals surface area (Å²) in [6, 6.07) is 6.06. The minimum absolute atomic E-state index is 0.284. The normalized spacial score (nSPS) is 12.9. The summed E-state index contributed by atoms with van der Waals surface area (Å²) in [5.74, 6) is -1.02. The molecule has 1 aromatic carbocycles. The lowest BCUT2D eigenvalue weighted by atomic mass is 10.1. The predicted octanol–water partition coefficient (Wildman–Crippen LogP) is 0.449. The minimum atomic E-state index is -1.02. The minimum Gasteiger partial charge on any atom is -0.480 e. The lowest BCUT2D eigenvalue weighted by Crippen LogP contribution is -2.32. The van der Waals surface area contributed by atoms with Gasteiger partial charge in [0.2, 0.25) is 0 Å². The Morgan fingerprint density at radius 2 is 2.07 bits per heavy atom. The highest BCUT2D eigenvalue weighted by atomic mass is 16.4. The van der Waals surface area contributed by atoms with E-state index in [-0.39, 0.29) is 6.42 Å². The molecule has 4 N–H and O–H groups in total. The van der Waals surface area contributed by atoms with Crippen LogP contribution in [-0.2, 0) is 11.2 Å². The lowest BCUT2D eigenvalue weighted by molar-refractivity contribution is -0.138. The Morgan fingerprint density at radius 3 is 2.53 bits per heavy atom. The van der Waals surface area contributed by atoms with E-state index in [0.29, 0.717) is 0 Å². The summed E-state index contributed by atoms with van der Waals surface area (Å²) in [6.45, 7) is 0. The van der Waals surface area contributed by atoms with E-state index < -0.39 is 12.0 Å². The highest BCUT2D eigenvalue weighted by Gasteiger charge is 2.11. The van der Waals surface area contributed by atoms with Crippen LogP contribution in [0.4, 0.5) is 0 Å². The average molecular weight is 208 g/mol. The van der Waals surface area contributed by atoms with Gasteiger partial charge in [-0.25, -0.2) is 0 Å². The molecule has 1 aromatic rings. The highest BCUT2D eigenvalue weighted by Crippen LogP contribution is 2.05. The topological polar surface area (TPSA) is 95.9 Å². The molecule has 0 bridgehead atoms. The van der Waals surface area contributed by atoms with E-state index in [9.17, 15) is 4.79 Å². The summed E-state index contributed by atoms with van der Waals surface area (Å²) in [6.07, 6.45) is 1.58. The maximum atomic E-state index is 10.5. The van der Waals surface area contributed by atoms with Crippen LogP contribution in [0.15, 0.2) is 29.4 Å². The fraction of sp³-hybridized carbons (Fsp3) is 0.200. The molecule has 5 nitrogen and oxygen atoms in total. The average Bonchev–Trinajstić information content (AvgIpc) is 2.21. The Kier molecular flexibility index (Phi) is 3.82. The zero-order chi connectivity index (χ0) is 11.3. The van der Waals surface area contributed by atoms with Crippen LogP contribution in [-0.4, -0.2) is 28.5 Å². The molecule has 0 fully saturated rings. The van der Waals surface area contributed by atoms with Crippen LogP contribution < -0.4 is 5.73 Å². The van der Waals surface area contributed by atoms with Crippen LogP contribution in [0.1, 0.15) is 11.1 Å². The molecule has 80 valence electrons. The van der Waals surface area contributed by atoms with Crippen molar-refractivity contribution >= 4 is 12.2 Å². The van der Waals surface area contributed by atoms with E-state index in [1.165, 1.54) is 6.21 Å². The molecule has 0 aliphatic carbocycles. The monoisotopic (exact) mass is 208 g/mol. The zero-order valence-electron chi connectivity index (χ0n) is 8.00. The first kappa shape index (κ1) is 11.2. The highest BCUT2D eigenvalue weighted by molar-refractivity contribution is 5.79. The van der Waals surface area contributed by atoms with Crippen LogP contribution in [0.25, 0.3) is 0 Å². The van der Waals surface area contributed by atoms with E-state index in [0.717, 1.165) is 11.1 Å². The molecule has 0 heterocycles. The maximum absolute atomic E-state index is 10.5. The molecule has 0 aromatic heterocycles. The second-order valence-electron chi connectivity index (χ2n) is 3.14. The summed E-state index contributed by atoms with van der Waals surface area (Å²) in [7, 11) is 0. The maximum Gasteiger partial charge on any atom is 0.320 e. The molecule has 0 aliphatic heterocycles. The fourth-order valence-electron chi connectivity index (χ4n) is 1.15. The third-order valence-electron chi connectivity index (χ3n) is 1.96. The van der Waals surface area contributed by atoms with Crippen molar-refractivity contribution in [3.8, 4) is 0 Å². The Morgan fingerprint density at radius 1 is 1.47 bits per heavy atom. The van der Waals surface area contributed by atoms with E-state index in [2.05, 4.69) is 5.16 Å². The number of hydrogen-bond donors (Lipinski definition) is 3. The van der Waals surface area contributed by atoms with E-state index in [1.54, 1.807) is 24.3 Å².